The van der Waals surface area contributed by atoms with Gasteiger partial charge in [-0.3, -0.25) is 14.8 Å². The molecule has 0 spiro atoms. The van der Waals surface area contributed by atoms with Gasteiger partial charge in [0.1, 0.15) is 4.60 Å². The van der Waals surface area contributed by atoms with Crippen LogP contribution in [0.1, 0.15) is 26.3 Å². The lowest BCUT2D eigenvalue weighted by Gasteiger charge is -2.20. The van der Waals surface area contributed by atoms with Gasteiger partial charge in [0.25, 0.3) is 5.69 Å². The number of nitro groups is 1. The van der Waals surface area contributed by atoms with Gasteiger partial charge in [-0.15, -0.1) is 0 Å². The van der Waals surface area contributed by atoms with Crippen molar-refractivity contribution in [3.63, 3.8) is 0 Å². The minimum absolute atomic E-state index is 0.0999. The van der Waals surface area contributed by atoms with E-state index < -0.39 is 0 Å². The van der Waals surface area contributed by atoms with E-state index in [4.69, 9.17) is 0 Å². The molecule has 2 rings (SSSR count). The van der Waals surface area contributed by atoms with Crippen LogP contribution >= 0.6 is 15.9 Å². The molecule has 18 heavy (non-hydrogen) atoms. The van der Waals surface area contributed by atoms with E-state index in [0.717, 1.165) is 21.1 Å². The van der Waals surface area contributed by atoms with Crippen LogP contribution in [-0.2, 0) is 12.5 Å². The summed E-state index contributed by atoms with van der Waals surface area (Å²) in [5.41, 5.74) is 1.60. The summed E-state index contributed by atoms with van der Waals surface area (Å²) >= 11 is 3.42. The Morgan fingerprint density at radius 2 is 2.00 bits per heavy atom. The van der Waals surface area contributed by atoms with Crippen LogP contribution in [-0.4, -0.2) is 14.7 Å². The van der Waals surface area contributed by atoms with Crippen LogP contribution in [0.25, 0.3) is 10.9 Å². The average molecular weight is 312 g/mol. The Hall–Kier alpha value is -1.43. The lowest BCUT2D eigenvalue weighted by atomic mass is 9.84. The van der Waals surface area contributed by atoms with E-state index in [1.165, 1.54) is 0 Å². The summed E-state index contributed by atoms with van der Waals surface area (Å²) in [6.45, 7) is 6.10. The Morgan fingerprint density at radius 1 is 1.39 bits per heavy atom. The number of aromatic nitrogens is 2. The maximum absolute atomic E-state index is 11.0. The highest BCUT2D eigenvalue weighted by atomic mass is 79.9. The second-order valence-corrected chi connectivity index (χ2v) is 6.06. The fourth-order valence-electron chi connectivity index (χ4n) is 2.02. The molecule has 1 heterocycles. The standard InChI is InChI=1S/C12H14BrN3O2/c1-12(2,3)8-5-7(16(17)18)6-9-10(8)11(13)14-15(9)4/h5-6H,1-4H3. The third-order valence-electron chi connectivity index (χ3n) is 2.91. The highest BCUT2D eigenvalue weighted by Crippen LogP contribution is 2.37. The van der Waals surface area contributed by atoms with Crippen molar-refractivity contribution in [1.29, 1.82) is 0 Å². The van der Waals surface area contributed by atoms with Crippen molar-refractivity contribution in [3.05, 3.63) is 32.4 Å². The molecule has 6 heteroatoms. The Bertz CT molecular complexity index is 641. The molecule has 0 unspecified atom stereocenters. The molecule has 1 aromatic heterocycles. The largest absolute Gasteiger partial charge is 0.271 e. The zero-order valence-corrected chi connectivity index (χ0v) is 12.3. The first-order valence-corrected chi connectivity index (χ1v) is 6.32. The maximum Gasteiger partial charge on any atom is 0.271 e. The van der Waals surface area contributed by atoms with Crippen LogP contribution in [0.3, 0.4) is 0 Å². The smallest absolute Gasteiger partial charge is 0.267 e. The molecule has 0 aliphatic rings. The quantitative estimate of drug-likeness (QED) is 0.597. The molecule has 0 bridgehead atoms. The zero-order valence-electron chi connectivity index (χ0n) is 10.7. The van der Waals surface area contributed by atoms with Crippen LogP contribution in [0.2, 0.25) is 0 Å². The van der Waals surface area contributed by atoms with Gasteiger partial charge in [0.15, 0.2) is 0 Å². The monoisotopic (exact) mass is 311 g/mol. The molecule has 0 radical (unpaired) electrons. The van der Waals surface area contributed by atoms with Gasteiger partial charge in [-0.2, -0.15) is 5.10 Å². The molecule has 0 saturated carbocycles. The van der Waals surface area contributed by atoms with E-state index in [2.05, 4.69) is 21.0 Å². The number of hydrogen-bond acceptors (Lipinski definition) is 3. The average Bonchev–Trinajstić information content (AvgIpc) is 2.52. The number of nitrogens with zero attached hydrogens (tertiary/aromatic N) is 3. The fraction of sp³-hybridized carbons (Fsp3) is 0.417. The van der Waals surface area contributed by atoms with E-state index in [-0.39, 0.29) is 16.0 Å². The molecular weight excluding hydrogens is 298 g/mol. The number of rotatable bonds is 1. The Morgan fingerprint density at radius 3 is 2.50 bits per heavy atom. The number of nitro benzene ring substituents is 1. The topological polar surface area (TPSA) is 61.0 Å². The molecule has 5 nitrogen and oxygen atoms in total. The van der Waals surface area contributed by atoms with Gasteiger partial charge in [0.2, 0.25) is 0 Å². The number of halogens is 1. The van der Waals surface area contributed by atoms with Gasteiger partial charge < -0.3 is 0 Å². The van der Waals surface area contributed by atoms with E-state index in [1.54, 1.807) is 23.9 Å². The van der Waals surface area contributed by atoms with Crippen molar-refractivity contribution in [2.45, 2.75) is 26.2 Å². The van der Waals surface area contributed by atoms with Gasteiger partial charge in [-0.05, 0) is 26.9 Å². The summed E-state index contributed by atoms with van der Waals surface area (Å²) in [5, 5.41) is 16.2. The summed E-state index contributed by atoms with van der Waals surface area (Å²) < 4.78 is 2.38. The first-order valence-electron chi connectivity index (χ1n) is 5.53. The lowest BCUT2D eigenvalue weighted by Crippen LogP contribution is -2.12. The first kappa shape index (κ1) is 13.0. The normalized spacial score (nSPS) is 12.1. The molecule has 96 valence electrons. The van der Waals surface area contributed by atoms with Crippen LogP contribution in [0.4, 0.5) is 5.69 Å². The number of benzene rings is 1. The zero-order chi connectivity index (χ0) is 13.7. The third kappa shape index (κ3) is 2.01. The molecule has 0 aliphatic heterocycles. The van der Waals surface area contributed by atoms with E-state index in [0.29, 0.717) is 0 Å². The molecule has 0 amide bonds. The van der Waals surface area contributed by atoms with Gasteiger partial charge in [0.05, 0.1) is 10.4 Å². The highest BCUT2D eigenvalue weighted by molar-refractivity contribution is 9.10. The van der Waals surface area contributed by atoms with Crippen molar-refractivity contribution >= 4 is 32.5 Å². The predicted octanol–water partition coefficient (Wildman–Crippen LogP) is 3.54. The molecule has 0 fully saturated rings. The van der Waals surface area contributed by atoms with Crippen molar-refractivity contribution in [3.8, 4) is 0 Å². The first-order chi connectivity index (χ1) is 8.21. The van der Waals surface area contributed by atoms with Gasteiger partial charge in [-0.1, -0.05) is 20.8 Å². The van der Waals surface area contributed by atoms with Gasteiger partial charge in [0, 0.05) is 24.6 Å². The molecule has 1 aromatic carbocycles. The minimum Gasteiger partial charge on any atom is -0.267 e. The number of aryl methyl sites for hydroxylation is 1. The minimum atomic E-state index is -0.365. The Kier molecular flexibility index (Phi) is 2.93. The van der Waals surface area contributed by atoms with Crippen LogP contribution in [0.15, 0.2) is 16.7 Å². The van der Waals surface area contributed by atoms with Crippen molar-refractivity contribution < 1.29 is 4.92 Å². The molecular formula is C12H14BrN3O2. The Balaban J connectivity index is 2.93. The van der Waals surface area contributed by atoms with Crippen LogP contribution < -0.4 is 0 Å². The predicted molar refractivity (Wildman–Crippen MR) is 73.8 cm³/mol. The van der Waals surface area contributed by atoms with Crippen LogP contribution in [0.5, 0.6) is 0 Å². The number of non-ortho nitro benzene ring substituents is 1. The summed E-state index contributed by atoms with van der Waals surface area (Å²) in [6.07, 6.45) is 0. The summed E-state index contributed by atoms with van der Waals surface area (Å²) in [5.74, 6) is 0. The summed E-state index contributed by atoms with van der Waals surface area (Å²) in [7, 11) is 1.78. The maximum atomic E-state index is 11.0. The molecule has 0 saturated heterocycles. The van der Waals surface area contributed by atoms with Crippen molar-refractivity contribution in [2.24, 2.45) is 7.05 Å². The highest BCUT2D eigenvalue weighted by Gasteiger charge is 2.24. The molecule has 0 atom stereocenters. The van der Waals surface area contributed by atoms with Crippen molar-refractivity contribution in [2.75, 3.05) is 0 Å². The van der Waals surface area contributed by atoms with Crippen molar-refractivity contribution in [1.82, 2.24) is 9.78 Å². The number of fused-ring (bicyclic) bond motifs is 1. The van der Waals surface area contributed by atoms with E-state index in [1.807, 2.05) is 20.8 Å². The fourth-order valence-corrected chi connectivity index (χ4v) is 2.67. The molecule has 0 N–H and O–H groups in total. The van der Waals surface area contributed by atoms with Gasteiger partial charge >= 0.3 is 0 Å². The summed E-state index contributed by atoms with van der Waals surface area (Å²) in [6, 6.07) is 3.19. The Labute approximate surface area is 113 Å². The van der Waals surface area contributed by atoms with Gasteiger partial charge in [-0.25, -0.2) is 0 Å². The summed E-state index contributed by atoms with van der Waals surface area (Å²) in [4.78, 5) is 10.6. The second kappa shape index (κ2) is 4.05. The number of hydrogen-bond donors (Lipinski definition) is 0. The van der Waals surface area contributed by atoms with E-state index >= 15 is 0 Å². The lowest BCUT2D eigenvalue weighted by molar-refractivity contribution is -0.384. The molecule has 0 aliphatic carbocycles. The SMILES string of the molecule is Cn1nc(Br)c2c(C(C)(C)C)cc([N+](=O)[O-])cc21. The second-order valence-electron chi connectivity index (χ2n) is 5.31. The third-order valence-corrected chi connectivity index (χ3v) is 3.47. The van der Waals surface area contributed by atoms with E-state index in [9.17, 15) is 10.1 Å². The van der Waals surface area contributed by atoms with Crippen LogP contribution in [0, 0.1) is 10.1 Å². The molecule has 2 aromatic rings.